The summed E-state index contributed by atoms with van der Waals surface area (Å²) in [6.45, 7) is 0. The maximum absolute atomic E-state index is 13.5. The quantitative estimate of drug-likeness (QED) is 0.396. The number of nitrogens with zero attached hydrogens (tertiary/aromatic N) is 1. The van der Waals surface area contributed by atoms with Gasteiger partial charge in [0.05, 0.1) is 25.7 Å². The molecule has 2 heterocycles. The largest absolute Gasteiger partial charge is 0.497 e. The number of methoxy groups -OCH3 is 2. The number of aromatic amines is 1. The third kappa shape index (κ3) is 4.09. The van der Waals surface area contributed by atoms with Crippen molar-refractivity contribution in [3.05, 3.63) is 86.8 Å². The number of ether oxygens (including phenoxy) is 2. The van der Waals surface area contributed by atoms with E-state index in [-0.39, 0.29) is 11.3 Å². The Balaban J connectivity index is 1.63. The van der Waals surface area contributed by atoms with Crippen LogP contribution in [0.4, 0.5) is 5.82 Å². The number of aromatic nitrogens is 2. The van der Waals surface area contributed by atoms with Crippen LogP contribution in [-0.4, -0.2) is 30.0 Å². The lowest BCUT2D eigenvalue weighted by molar-refractivity contribution is -0.116. The van der Waals surface area contributed by atoms with E-state index in [0.29, 0.717) is 51.3 Å². The fourth-order valence-electron chi connectivity index (χ4n) is 4.61. The summed E-state index contributed by atoms with van der Waals surface area (Å²) in [6, 6.07) is 15.5. The number of hydrogen-bond acceptors (Lipinski definition) is 7. The molecule has 3 aromatic rings. The number of Topliss-reactive ketones (excluding diaryl/α,β-unsaturated/α-hetero) is 1. The highest BCUT2D eigenvalue weighted by Crippen LogP contribution is 2.46. The van der Waals surface area contributed by atoms with Gasteiger partial charge >= 0.3 is 0 Å². The summed E-state index contributed by atoms with van der Waals surface area (Å²) in [5, 5.41) is 3.85. The average Bonchev–Trinajstić information content (AvgIpc) is 2.86. The highest BCUT2D eigenvalue weighted by Gasteiger charge is 2.39. The molecule has 2 aliphatic rings. The number of ketones is 1. The third-order valence-electron chi connectivity index (χ3n) is 6.20. The second kappa shape index (κ2) is 9.38. The predicted octanol–water partition coefficient (Wildman–Crippen LogP) is 4.64. The minimum absolute atomic E-state index is 0.0382. The van der Waals surface area contributed by atoms with Gasteiger partial charge in [-0.2, -0.15) is 0 Å². The van der Waals surface area contributed by atoms with E-state index >= 15 is 0 Å². The van der Waals surface area contributed by atoms with Crippen molar-refractivity contribution in [2.24, 2.45) is 0 Å². The molecule has 174 valence electrons. The Labute approximate surface area is 201 Å². The molecule has 0 radical (unpaired) electrons. The second-order valence-electron chi connectivity index (χ2n) is 8.24. The van der Waals surface area contributed by atoms with Gasteiger partial charge in [0, 0.05) is 29.0 Å². The highest BCUT2D eigenvalue weighted by atomic mass is 32.2. The number of anilines is 1. The molecule has 0 spiro atoms. The number of thioether (sulfide) groups is 1. The summed E-state index contributed by atoms with van der Waals surface area (Å²) in [6.07, 6.45) is 1.94. The number of nitrogens with one attached hydrogen (secondary N) is 2. The predicted molar refractivity (Wildman–Crippen MR) is 132 cm³/mol. The molecular weight excluding hydrogens is 450 g/mol. The lowest BCUT2D eigenvalue weighted by atomic mass is 9.76. The molecule has 1 aliphatic heterocycles. The summed E-state index contributed by atoms with van der Waals surface area (Å²) in [5.74, 6) is 1.83. The third-order valence-corrected chi connectivity index (χ3v) is 7.15. The van der Waals surface area contributed by atoms with Crippen LogP contribution < -0.4 is 20.3 Å². The van der Waals surface area contributed by atoms with Gasteiger partial charge in [0.1, 0.15) is 17.3 Å². The maximum Gasteiger partial charge on any atom is 0.257 e. The Morgan fingerprint density at radius 1 is 1.06 bits per heavy atom. The van der Waals surface area contributed by atoms with Crippen molar-refractivity contribution in [3.63, 3.8) is 0 Å². The molecule has 0 saturated heterocycles. The molecule has 0 amide bonds. The Kier molecular flexibility index (Phi) is 6.15. The van der Waals surface area contributed by atoms with Gasteiger partial charge in [-0.15, -0.1) is 0 Å². The lowest BCUT2D eigenvalue weighted by Crippen LogP contribution is -2.33. The van der Waals surface area contributed by atoms with E-state index in [1.54, 1.807) is 26.4 Å². The first-order valence-electron chi connectivity index (χ1n) is 11.1. The first kappa shape index (κ1) is 22.3. The number of rotatable bonds is 6. The van der Waals surface area contributed by atoms with Crippen molar-refractivity contribution < 1.29 is 14.3 Å². The van der Waals surface area contributed by atoms with Crippen LogP contribution in [-0.2, 0) is 10.5 Å². The summed E-state index contributed by atoms with van der Waals surface area (Å²) in [7, 11) is 3.17. The van der Waals surface area contributed by atoms with E-state index in [0.717, 1.165) is 24.1 Å². The number of benzene rings is 2. The highest BCUT2D eigenvalue weighted by molar-refractivity contribution is 7.98. The number of carbonyl (C=O) groups excluding carboxylic acids is 1. The van der Waals surface area contributed by atoms with E-state index in [1.165, 1.54) is 11.8 Å². The van der Waals surface area contributed by atoms with Crippen LogP contribution in [0.2, 0.25) is 0 Å². The number of H-pyrrole nitrogens is 1. The van der Waals surface area contributed by atoms with Crippen molar-refractivity contribution in [1.82, 2.24) is 9.97 Å². The molecule has 2 N–H and O–H groups in total. The molecule has 7 nitrogen and oxygen atoms in total. The zero-order chi connectivity index (χ0) is 23.7. The molecule has 0 bridgehead atoms. The number of allylic oxidation sites excluding steroid dienone is 2. The van der Waals surface area contributed by atoms with Crippen LogP contribution in [0, 0.1) is 0 Å². The zero-order valence-corrected chi connectivity index (χ0v) is 19.8. The van der Waals surface area contributed by atoms with Crippen molar-refractivity contribution in [2.75, 3.05) is 19.5 Å². The average molecular weight is 476 g/mol. The van der Waals surface area contributed by atoms with Gasteiger partial charge in [-0.05, 0) is 36.6 Å². The Morgan fingerprint density at radius 2 is 1.88 bits per heavy atom. The van der Waals surface area contributed by atoms with Crippen LogP contribution in [0.15, 0.2) is 69.8 Å². The van der Waals surface area contributed by atoms with Crippen molar-refractivity contribution in [2.45, 2.75) is 36.1 Å². The van der Waals surface area contributed by atoms with Crippen LogP contribution in [0.3, 0.4) is 0 Å². The van der Waals surface area contributed by atoms with Gasteiger partial charge in [0.15, 0.2) is 10.9 Å². The number of fused-ring (bicyclic) bond motifs is 1. The fraction of sp³-hybridized carbons (Fsp3) is 0.269. The number of hydrogen-bond donors (Lipinski definition) is 2. The Hall–Kier alpha value is -3.52. The van der Waals surface area contributed by atoms with Gasteiger partial charge in [0.25, 0.3) is 5.56 Å². The Morgan fingerprint density at radius 3 is 2.65 bits per heavy atom. The lowest BCUT2D eigenvalue weighted by Gasteiger charge is -2.33. The molecule has 0 saturated carbocycles. The Bertz CT molecular complexity index is 1330. The second-order valence-corrected chi connectivity index (χ2v) is 9.21. The standard InChI is InChI=1S/C26H25N3O4S/c1-32-16-11-12-20(33-2)17(13-16)21-22-18(9-6-10-19(22)30)27-24-23(21)25(31)29-26(28-24)34-14-15-7-4-3-5-8-15/h3-5,7-8,11-13,21H,6,9-10,14H2,1-2H3,(H2,27,28,29,31). The molecule has 1 aromatic heterocycles. The van der Waals surface area contributed by atoms with E-state index in [1.807, 2.05) is 36.4 Å². The molecule has 1 aliphatic carbocycles. The van der Waals surface area contributed by atoms with E-state index in [9.17, 15) is 9.59 Å². The minimum Gasteiger partial charge on any atom is -0.497 e. The summed E-state index contributed by atoms with van der Waals surface area (Å²) in [4.78, 5) is 34.3. The van der Waals surface area contributed by atoms with Crippen LogP contribution in [0.5, 0.6) is 11.5 Å². The van der Waals surface area contributed by atoms with Crippen LogP contribution in [0.1, 0.15) is 41.9 Å². The summed E-state index contributed by atoms with van der Waals surface area (Å²) >= 11 is 1.47. The van der Waals surface area contributed by atoms with Crippen molar-refractivity contribution >= 4 is 23.4 Å². The van der Waals surface area contributed by atoms with Crippen molar-refractivity contribution in [1.29, 1.82) is 0 Å². The zero-order valence-electron chi connectivity index (χ0n) is 19.0. The van der Waals surface area contributed by atoms with Crippen LogP contribution in [0.25, 0.3) is 0 Å². The van der Waals surface area contributed by atoms with Gasteiger partial charge < -0.3 is 19.8 Å². The molecule has 34 heavy (non-hydrogen) atoms. The normalized spacial score (nSPS) is 17.0. The topological polar surface area (TPSA) is 93.3 Å². The SMILES string of the molecule is COc1ccc(OC)c(C2C3=C(CCCC3=O)Nc3nc(SCc4ccccc4)[nH]c(=O)c32)c1. The molecule has 1 atom stereocenters. The minimum atomic E-state index is -0.589. The first-order chi connectivity index (χ1) is 16.6. The molecule has 2 aromatic carbocycles. The molecule has 0 fully saturated rings. The fourth-order valence-corrected chi connectivity index (χ4v) is 5.43. The van der Waals surface area contributed by atoms with Gasteiger partial charge in [-0.1, -0.05) is 42.1 Å². The molecular formula is C26H25N3O4S. The van der Waals surface area contributed by atoms with Gasteiger partial charge in [0.2, 0.25) is 0 Å². The monoisotopic (exact) mass is 475 g/mol. The summed E-state index contributed by atoms with van der Waals surface area (Å²) in [5.41, 5.74) is 3.45. The molecule has 8 heteroatoms. The molecule has 5 rings (SSSR count). The molecule has 1 unspecified atom stereocenters. The van der Waals surface area contributed by atoms with Gasteiger partial charge in [-0.3, -0.25) is 9.59 Å². The first-order valence-corrected chi connectivity index (χ1v) is 12.1. The van der Waals surface area contributed by atoms with Crippen LogP contribution >= 0.6 is 11.8 Å². The van der Waals surface area contributed by atoms with E-state index in [2.05, 4.69) is 10.3 Å². The van der Waals surface area contributed by atoms with E-state index < -0.39 is 5.92 Å². The number of carbonyl (C=O) groups is 1. The summed E-state index contributed by atoms with van der Waals surface area (Å²) < 4.78 is 11.1. The van der Waals surface area contributed by atoms with Gasteiger partial charge in [-0.25, -0.2) is 4.98 Å². The van der Waals surface area contributed by atoms with Crippen molar-refractivity contribution in [3.8, 4) is 11.5 Å². The maximum atomic E-state index is 13.5. The smallest absolute Gasteiger partial charge is 0.257 e. The van der Waals surface area contributed by atoms with E-state index in [4.69, 9.17) is 14.5 Å².